The van der Waals surface area contributed by atoms with Crippen molar-refractivity contribution in [3.63, 3.8) is 0 Å². The summed E-state index contributed by atoms with van der Waals surface area (Å²) in [5.74, 6) is -7.90. The van der Waals surface area contributed by atoms with Crippen molar-refractivity contribution in [1.29, 1.82) is 0 Å². The molecule has 1 aromatic carbocycles. The molecule has 3 aliphatic carbocycles. The van der Waals surface area contributed by atoms with Crippen LogP contribution in [0.5, 0.6) is 5.75 Å². The molecule has 0 spiro atoms. The molecule has 196 valence electrons. The van der Waals surface area contributed by atoms with Crippen LogP contribution in [0.25, 0.3) is 5.76 Å². The predicted octanol–water partition coefficient (Wildman–Crippen LogP) is 0.304. The maximum Gasteiger partial charge on any atom is 0.255 e. The Balaban J connectivity index is 0.000000572. The van der Waals surface area contributed by atoms with E-state index in [0.29, 0.717) is 0 Å². The van der Waals surface area contributed by atoms with Crippen LogP contribution in [0.3, 0.4) is 0 Å². The van der Waals surface area contributed by atoms with E-state index in [2.05, 4.69) is 9.68 Å². The highest BCUT2D eigenvalue weighted by Gasteiger charge is 2.66. The molecule has 1 fully saturated rings. The van der Waals surface area contributed by atoms with Gasteiger partial charge in [-0.05, 0) is 45.1 Å². The third-order valence-corrected chi connectivity index (χ3v) is 7.37. The number of carbonyl (C=O) groups is 3. The van der Waals surface area contributed by atoms with Gasteiger partial charge in [-0.3, -0.25) is 19.3 Å². The summed E-state index contributed by atoms with van der Waals surface area (Å²) in [5.41, 5.74) is -0.548. The van der Waals surface area contributed by atoms with Crippen LogP contribution < -0.4 is 5.73 Å². The first-order valence-electron chi connectivity index (χ1n) is 11.3. The number of likely N-dealkylation sites (N-methyl/N-ethyl adjacent to an activating group) is 1. The molecular formula is C25H27N3O9. The summed E-state index contributed by atoms with van der Waals surface area (Å²) >= 11 is 0. The Labute approximate surface area is 210 Å². The summed E-state index contributed by atoms with van der Waals surface area (Å²) in [6, 6.07) is 4.74. The molecule has 2 aromatic rings. The number of nitrogens with zero attached hydrogens (tertiary/aromatic N) is 2. The van der Waals surface area contributed by atoms with Crippen LogP contribution in [0.15, 0.2) is 58.2 Å². The van der Waals surface area contributed by atoms with Crippen LogP contribution in [-0.4, -0.2) is 78.8 Å². The Morgan fingerprint density at radius 1 is 1.16 bits per heavy atom. The second-order valence-electron chi connectivity index (χ2n) is 9.65. The molecule has 0 bridgehead atoms. The zero-order chi connectivity index (χ0) is 27.4. The van der Waals surface area contributed by atoms with Gasteiger partial charge in [0.2, 0.25) is 5.78 Å². The lowest BCUT2D eigenvalue weighted by molar-refractivity contribution is -0.159. The SMILES string of the molecule is CN(C)[C@@H]1C(=O)C(C(N)=O)=C(O)[C@@]2(O)C(=O)C3=C(O)c4c(O)cccc4[C@@](C)(O)[C@H]3C[C@@H]12.c1cnoc1. The molecule has 0 radical (unpaired) electrons. The lowest BCUT2D eigenvalue weighted by Crippen LogP contribution is -2.67. The number of nitrogens with two attached hydrogens (primary N) is 1. The van der Waals surface area contributed by atoms with Gasteiger partial charge in [0.15, 0.2) is 11.4 Å². The summed E-state index contributed by atoms with van der Waals surface area (Å²) < 4.78 is 4.33. The van der Waals surface area contributed by atoms with Crippen molar-refractivity contribution in [2.45, 2.75) is 30.6 Å². The topological polar surface area (TPSA) is 208 Å². The second kappa shape index (κ2) is 8.83. The van der Waals surface area contributed by atoms with Crippen LogP contribution in [-0.2, 0) is 20.0 Å². The van der Waals surface area contributed by atoms with E-state index in [-0.39, 0.29) is 17.5 Å². The van der Waals surface area contributed by atoms with Crippen molar-refractivity contribution in [3.8, 4) is 5.75 Å². The van der Waals surface area contributed by atoms with Crippen molar-refractivity contribution in [3.05, 3.63) is 64.8 Å². The van der Waals surface area contributed by atoms with E-state index < -0.39 is 75.0 Å². The van der Waals surface area contributed by atoms with Crippen LogP contribution in [0.2, 0.25) is 0 Å². The van der Waals surface area contributed by atoms with Gasteiger partial charge in [-0.1, -0.05) is 17.3 Å². The number of phenolic OH excluding ortho intramolecular Hbond substituents is 1. The summed E-state index contributed by atoms with van der Waals surface area (Å²) in [6.07, 6.45) is 2.90. The summed E-state index contributed by atoms with van der Waals surface area (Å²) in [4.78, 5) is 40.0. The third-order valence-electron chi connectivity index (χ3n) is 7.37. The number of rotatable bonds is 2. The van der Waals surface area contributed by atoms with Crippen molar-refractivity contribution in [2.24, 2.45) is 17.6 Å². The smallest absolute Gasteiger partial charge is 0.255 e. The molecule has 0 saturated heterocycles. The highest BCUT2D eigenvalue weighted by Crippen LogP contribution is 2.57. The maximum atomic E-state index is 13.7. The average Bonchev–Trinajstić information content (AvgIpc) is 3.40. The molecule has 5 rings (SSSR count). The third kappa shape index (κ3) is 3.64. The Bertz CT molecular complexity index is 1330. The van der Waals surface area contributed by atoms with Crippen molar-refractivity contribution in [2.75, 3.05) is 14.1 Å². The highest BCUT2D eigenvalue weighted by atomic mass is 16.5. The fourth-order valence-corrected chi connectivity index (χ4v) is 5.68. The van der Waals surface area contributed by atoms with E-state index in [9.17, 15) is 39.9 Å². The number of aliphatic hydroxyl groups excluding tert-OH is 2. The molecule has 1 heterocycles. The number of phenols is 1. The monoisotopic (exact) mass is 513 g/mol. The zero-order valence-electron chi connectivity index (χ0n) is 20.2. The molecule has 12 nitrogen and oxygen atoms in total. The van der Waals surface area contributed by atoms with Gasteiger partial charge in [0.25, 0.3) is 5.91 Å². The molecule has 1 aromatic heterocycles. The molecule has 0 unspecified atom stereocenters. The molecule has 3 aliphatic rings. The number of aromatic nitrogens is 1. The first kappa shape index (κ1) is 26.1. The van der Waals surface area contributed by atoms with Crippen molar-refractivity contribution < 1.29 is 44.4 Å². The molecule has 0 aliphatic heterocycles. The van der Waals surface area contributed by atoms with Gasteiger partial charge in [-0.15, -0.1) is 0 Å². The van der Waals surface area contributed by atoms with Crippen LogP contribution in [0.1, 0.15) is 24.5 Å². The molecular weight excluding hydrogens is 486 g/mol. The van der Waals surface area contributed by atoms with Gasteiger partial charge in [-0.25, -0.2) is 0 Å². The van der Waals surface area contributed by atoms with Gasteiger partial charge in [0, 0.05) is 17.4 Å². The number of amides is 1. The number of Topliss-reactive ketones (excluding diaryl/α,β-unsaturated/α-hetero) is 2. The quantitative estimate of drug-likeness (QED) is 0.301. The number of hydrogen-bond donors (Lipinski definition) is 6. The van der Waals surface area contributed by atoms with Crippen LogP contribution in [0, 0.1) is 11.8 Å². The number of hydrogen-bond acceptors (Lipinski definition) is 11. The number of benzene rings is 1. The van der Waals surface area contributed by atoms with E-state index in [1.807, 2.05) is 0 Å². The zero-order valence-corrected chi connectivity index (χ0v) is 20.2. The lowest BCUT2D eigenvalue weighted by atomic mass is 9.54. The number of aliphatic hydroxyl groups is 4. The first-order valence-corrected chi connectivity index (χ1v) is 11.3. The highest BCUT2D eigenvalue weighted by molar-refractivity contribution is 6.24. The number of ketones is 2. The van der Waals surface area contributed by atoms with Gasteiger partial charge < -0.3 is 35.8 Å². The maximum absolute atomic E-state index is 13.7. The molecule has 7 N–H and O–H groups in total. The minimum absolute atomic E-state index is 0.170. The van der Waals surface area contributed by atoms with E-state index in [1.165, 1.54) is 50.4 Å². The standard InChI is InChI=1S/C22H24N2O8.C3H3NO/c1-21(31)8-5-4-6-11(25)12(8)16(26)13-9(21)7-10-15(24(2)3)17(27)14(20(23)30)19(29)22(10,32)18(13)28;1-2-4-5-3-1/h4-6,9-10,15,25-26,29,31-32H,7H2,1-3H3,(H2,23,30);1-3H/t9-,10-,15-,21+,22-;/m0./s1. The van der Waals surface area contributed by atoms with E-state index in [0.717, 1.165) is 0 Å². The van der Waals surface area contributed by atoms with E-state index in [1.54, 1.807) is 12.3 Å². The van der Waals surface area contributed by atoms with Gasteiger partial charge in [-0.2, -0.15) is 0 Å². The summed E-state index contributed by atoms with van der Waals surface area (Å²) in [6.45, 7) is 1.40. The first-order chi connectivity index (χ1) is 17.3. The summed E-state index contributed by atoms with van der Waals surface area (Å²) in [7, 11) is 3.01. The number of carbonyl (C=O) groups excluding carboxylic acids is 3. The van der Waals surface area contributed by atoms with Gasteiger partial charge in [0.05, 0.1) is 23.4 Å². The largest absolute Gasteiger partial charge is 0.508 e. The molecule has 1 saturated carbocycles. The Hall–Kier alpha value is -4.00. The van der Waals surface area contributed by atoms with Crippen LogP contribution in [0.4, 0.5) is 0 Å². The second-order valence-corrected chi connectivity index (χ2v) is 9.65. The van der Waals surface area contributed by atoms with Crippen molar-refractivity contribution in [1.82, 2.24) is 10.1 Å². The summed E-state index contributed by atoms with van der Waals surface area (Å²) in [5, 5.41) is 58.2. The minimum atomic E-state index is -2.75. The normalized spacial score (nSPS) is 30.8. The number of primary amides is 1. The van der Waals surface area contributed by atoms with Gasteiger partial charge >= 0.3 is 0 Å². The molecule has 37 heavy (non-hydrogen) atoms. The van der Waals surface area contributed by atoms with Gasteiger partial charge in [0.1, 0.15) is 29.1 Å². The fourth-order valence-electron chi connectivity index (χ4n) is 5.68. The van der Waals surface area contributed by atoms with E-state index >= 15 is 0 Å². The van der Waals surface area contributed by atoms with E-state index in [4.69, 9.17) is 5.73 Å². The Morgan fingerprint density at radius 3 is 2.35 bits per heavy atom. The Morgan fingerprint density at radius 2 is 1.84 bits per heavy atom. The molecule has 1 amide bonds. The number of fused-ring (bicyclic) bond motifs is 3. The lowest BCUT2D eigenvalue weighted by Gasteiger charge is -2.53. The number of aromatic hydroxyl groups is 1. The Kier molecular flexibility index (Phi) is 6.23. The van der Waals surface area contributed by atoms with Crippen molar-refractivity contribution >= 4 is 23.2 Å². The molecule has 12 heteroatoms. The molecule has 5 atom stereocenters. The minimum Gasteiger partial charge on any atom is -0.508 e. The fraction of sp³-hybridized carbons (Fsp3) is 0.360. The van der Waals surface area contributed by atoms with Crippen LogP contribution >= 0.6 is 0 Å². The average molecular weight is 514 g/mol. The predicted molar refractivity (Wildman–Crippen MR) is 127 cm³/mol.